The molecule has 154 valence electrons. The van der Waals surface area contributed by atoms with E-state index in [0.29, 0.717) is 18.1 Å². The molecule has 2 N–H and O–H groups in total. The standard InChI is InChI=1S/C21H25N3O5/c1-14(2)17-7-3-4-8-18(17)29-13-19(25)22-23-21(27)15-10-20(26)24(11-15)12-16-6-5-9-28-16/h3-9,14-15H,10-13H2,1-2H3,(H,22,25)(H,23,27). The fraction of sp³-hybridized carbons (Fsp3) is 0.381. The van der Waals surface area contributed by atoms with Crippen LogP contribution in [0.3, 0.4) is 0 Å². The van der Waals surface area contributed by atoms with Crippen molar-refractivity contribution >= 4 is 17.7 Å². The molecule has 0 saturated carbocycles. The predicted octanol–water partition coefficient (Wildman–Crippen LogP) is 1.98. The number of carbonyl (C=O) groups is 3. The zero-order valence-corrected chi connectivity index (χ0v) is 16.5. The lowest BCUT2D eigenvalue weighted by Gasteiger charge is -2.16. The molecule has 0 bridgehead atoms. The molecule has 3 rings (SSSR count). The molecule has 1 saturated heterocycles. The van der Waals surface area contributed by atoms with Gasteiger partial charge in [0.1, 0.15) is 11.5 Å². The van der Waals surface area contributed by atoms with E-state index in [9.17, 15) is 14.4 Å². The normalized spacial score (nSPS) is 16.2. The molecule has 0 spiro atoms. The van der Waals surface area contributed by atoms with Crippen molar-refractivity contribution in [3.05, 3.63) is 54.0 Å². The first-order valence-electron chi connectivity index (χ1n) is 9.54. The van der Waals surface area contributed by atoms with E-state index in [-0.39, 0.29) is 31.4 Å². The van der Waals surface area contributed by atoms with Crippen LogP contribution in [-0.4, -0.2) is 35.8 Å². The van der Waals surface area contributed by atoms with Crippen LogP contribution in [0.25, 0.3) is 0 Å². The van der Waals surface area contributed by atoms with Gasteiger partial charge in [-0.2, -0.15) is 0 Å². The molecule has 1 aromatic heterocycles. The fourth-order valence-electron chi connectivity index (χ4n) is 3.19. The highest BCUT2D eigenvalue weighted by Gasteiger charge is 2.34. The van der Waals surface area contributed by atoms with Gasteiger partial charge in [-0.3, -0.25) is 25.2 Å². The highest BCUT2D eigenvalue weighted by molar-refractivity contribution is 5.90. The van der Waals surface area contributed by atoms with E-state index in [1.807, 2.05) is 32.0 Å². The minimum atomic E-state index is -0.527. The van der Waals surface area contributed by atoms with Gasteiger partial charge in [0.15, 0.2) is 6.61 Å². The van der Waals surface area contributed by atoms with Crippen LogP contribution >= 0.6 is 0 Å². The third-order valence-electron chi connectivity index (χ3n) is 4.74. The van der Waals surface area contributed by atoms with E-state index in [0.717, 1.165) is 5.56 Å². The Labute approximate surface area is 169 Å². The minimum absolute atomic E-state index is 0.0979. The van der Waals surface area contributed by atoms with Gasteiger partial charge in [-0.15, -0.1) is 0 Å². The van der Waals surface area contributed by atoms with Crippen LogP contribution in [-0.2, 0) is 20.9 Å². The zero-order chi connectivity index (χ0) is 20.8. The number of likely N-dealkylation sites (tertiary alicyclic amines) is 1. The Hall–Kier alpha value is -3.29. The summed E-state index contributed by atoms with van der Waals surface area (Å²) in [5.41, 5.74) is 5.72. The van der Waals surface area contributed by atoms with Gasteiger partial charge in [0, 0.05) is 13.0 Å². The van der Waals surface area contributed by atoms with Crippen molar-refractivity contribution in [2.24, 2.45) is 5.92 Å². The molecular weight excluding hydrogens is 374 g/mol. The Morgan fingerprint density at radius 2 is 2.00 bits per heavy atom. The fourth-order valence-corrected chi connectivity index (χ4v) is 3.19. The second kappa shape index (κ2) is 9.27. The number of furan rings is 1. The first-order valence-corrected chi connectivity index (χ1v) is 9.54. The second-order valence-corrected chi connectivity index (χ2v) is 7.27. The lowest BCUT2D eigenvalue weighted by atomic mass is 10.0. The number of benzene rings is 1. The lowest BCUT2D eigenvalue weighted by Crippen LogP contribution is -2.46. The summed E-state index contributed by atoms with van der Waals surface area (Å²) in [6, 6.07) is 11.0. The molecule has 8 nitrogen and oxygen atoms in total. The molecule has 1 aliphatic rings. The number of rotatable bonds is 7. The minimum Gasteiger partial charge on any atom is -0.483 e. The zero-order valence-electron chi connectivity index (χ0n) is 16.5. The van der Waals surface area contributed by atoms with Gasteiger partial charge >= 0.3 is 0 Å². The monoisotopic (exact) mass is 399 g/mol. The van der Waals surface area contributed by atoms with E-state index in [4.69, 9.17) is 9.15 Å². The molecular formula is C21H25N3O5. The molecule has 1 atom stereocenters. The molecule has 2 aromatic rings. The summed E-state index contributed by atoms with van der Waals surface area (Å²) >= 11 is 0. The molecule has 29 heavy (non-hydrogen) atoms. The van der Waals surface area contributed by atoms with Gasteiger partial charge in [-0.05, 0) is 29.7 Å². The van der Waals surface area contributed by atoms with Crippen LogP contribution in [0.4, 0.5) is 0 Å². The summed E-state index contributed by atoms with van der Waals surface area (Å²) in [5, 5.41) is 0. The van der Waals surface area contributed by atoms with Gasteiger partial charge in [0.2, 0.25) is 11.8 Å². The molecule has 1 fully saturated rings. The van der Waals surface area contributed by atoms with Gasteiger partial charge in [0.05, 0.1) is 18.7 Å². The maximum Gasteiger partial charge on any atom is 0.276 e. The van der Waals surface area contributed by atoms with Crippen molar-refractivity contribution in [3.63, 3.8) is 0 Å². The van der Waals surface area contributed by atoms with E-state index in [2.05, 4.69) is 10.9 Å². The Morgan fingerprint density at radius 3 is 2.72 bits per heavy atom. The van der Waals surface area contributed by atoms with Crippen molar-refractivity contribution in [3.8, 4) is 5.75 Å². The maximum atomic E-state index is 12.3. The average molecular weight is 399 g/mol. The number of amides is 3. The Balaban J connectivity index is 1.43. The van der Waals surface area contributed by atoms with Crippen molar-refractivity contribution in [1.82, 2.24) is 15.8 Å². The van der Waals surface area contributed by atoms with Gasteiger partial charge < -0.3 is 14.1 Å². The first kappa shape index (κ1) is 20.4. The van der Waals surface area contributed by atoms with Gasteiger partial charge in [-0.1, -0.05) is 32.0 Å². The predicted molar refractivity (Wildman–Crippen MR) is 105 cm³/mol. The topological polar surface area (TPSA) is 101 Å². The summed E-state index contributed by atoms with van der Waals surface area (Å²) in [7, 11) is 0. The highest BCUT2D eigenvalue weighted by atomic mass is 16.5. The van der Waals surface area contributed by atoms with Crippen LogP contribution in [0.1, 0.15) is 37.5 Å². The van der Waals surface area contributed by atoms with E-state index in [1.54, 1.807) is 23.1 Å². The number of carbonyl (C=O) groups excluding carboxylic acids is 3. The summed E-state index contributed by atoms with van der Waals surface area (Å²) in [4.78, 5) is 38.0. The lowest BCUT2D eigenvalue weighted by molar-refractivity contribution is -0.132. The third-order valence-corrected chi connectivity index (χ3v) is 4.74. The van der Waals surface area contributed by atoms with Crippen molar-refractivity contribution in [1.29, 1.82) is 0 Å². The van der Waals surface area contributed by atoms with E-state index in [1.165, 1.54) is 6.26 Å². The van der Waals surface area contributed by atoms with Gasteiger partial charge in [0.25, 0.3) is 5.91 Å². The Morgan fingerprint density at radius 1 is 1.21 bits per heavy atom. The largest absolute Gasteiger partial charge is 0.483 e. The molecule has 1 aromatic carbocycles. The molecule has 0 radical (unpaired) electrons. The van der Waals surface area contributed by atoms with Crippen LogP contribution in [0.5, 0.6) is 5.75 Å². The third kappa shape index (κ3) is 5.37. The maximum absolute atomic E-state index is 12.3. The van der Waals surface area contributed by atoms with Crippen LogP contribution in [0.15, 0.2) is 47.1 Å². The number of nitrogens with zero attached hydrogens (tertiary/aromatic N) is 1. The molecule has 3 amide bonds. The van der Waals surface area contributed by atoms with Crippen molar-refractivity contribution in [2.45, 2.75) is 32.7 Å². The number of nitrogens with one attached hydrogen (secondary N) is 2. The Kier molecular flexibility index (Phi) is 6.54. The summed E-state index contributed by atoms with van der Waals surface area (Å²) in [6.07, 6.45) is 1.64. The van der Waals surface area contributed by atoms with Crippen LogP contribution in [0.2, 0.25) is 0 Å². The summed E-state index contributed by atoms with van der Waals surface area (Å²) < 4.78 is 10.8. The summed E-state index contributed by atoms with van der Waals surface area (Å²) in [5.74, 6) is 0.0233. The molecule has 2 heterocycles. The van der Waals surface area contributed by atoms with Crippen LogP contribution in [0, 0.1) is 5.92 Å². The first-order chi connectivity index (χ1) is 13.9. The molecule has 1 unspecified atom stereocenters. The van der Waals surface area contributed by atoms with E-state index >= 15 is 0 Å². The number of ether oxygens (including phenoxy) is 1. The summed E-state index contributed by atoms with van der Waals surface area (Å²) in [6.45, 7) is 4.46. The number of hydrogen-bond acceptors (Lipinski definition) is 5. The SMILES string of the molecule is CC(C)c1ccccc1OCC(=O)NNC(=O)C1CC(=O)N(Cc2ccco2)C1. The number of hydrazine groups is 1. The highest BCUT2D eigenvalue weighted by Crippen LogP contribution is 2.25. The Bertz CT molecular complexity index is 863. The van der Waals surface area contributed by atoms with Crippen LogP contribution < -0.4 is 15.6 Å². The van der Waals surface area contributed by atoms with Gasteiger partial charge in [-0.25, -0.2) is 0 Å². The quantitative estimate of drug-likeness (QED) is 0.694. The smallest absolute Gasteiger partial charge is 0.276 e. The molecule has 8 heteroatoms. The second-order valence-electron chi connectivity index (χ2n) is 7.27. The molecule has 1 aliphatic heterocycles. The van der Waals surface area contributed by atoms with Crippen molar-refractivity contribution in [2.75, 3.05) is 13.2 Å². The molecule has 0 aliphatic carbocycles. The van der Waals surface area contributed by atoms with Crippen molar-refractivity contribution < 1.29 is 23.5 Å². The van der Waals surface area contributed by atoms with E-state index < -0.39 is 17.7 Å². The number of hydrogen-bond donors (Lipinski definition) is 2. The number of para-hydroxylation sites is 1. The average Bonchev–Trinajstić information content (AvgIpc) is 3.35.